The number of nitrogens with one attached hydrogen (secondary N) is 1. The number of alkyl halides is 3. The van der Waals surface area contributed by atoms with Gasteiger partial charge in [-0.05, 0) is 66.4 Å². The Morgan fingerprint density at radius 1 is 1.15 bits per heavy atom. The molecule has 0 aromatic heterocycles. The van der Waals surface area contributed by atoms with Crippen LogP contribution < -0.4 is 10.1 Å². The van der Waals surface area contributed by atoms with Crippen LogP contribution in [0.4, 0.5) is 13.2 Å². The van der Waals surface area contributed by atoms with Gasteiger partial charge in [-0.1, -0.05) is 12.1 Å². The van der Waals surface area contributed by atoms with Crippen LogP contribution in [0.1, 0.15) is 27.8 Å². The third-order valence-corrected chi connectivity index (χ3v) is 3.93. The molecule has 1 amide bonds. The largest absolute Gasteiger partial charge is 0.497 e. The molecule has 0 spiro atoms. The highest BCUT2D eigenvalue weighted by Gasteiger charge is 2.30. The molecule has 0 aliphatic carbocycles. The molecule has 0 aliphatic rings. The van der Waals surface area contributed by atoms with E-state index in [0.29, 0.717) is 5.56 Å². The maximum Gasteiger partial charge on any atom is 0.416 e. The Labute approximate surface area is 150 Å². The Kier molecular flexibility index (Phi) is 6.08. The molecule has 0 radical (unpaired) electrons. The Hall–Kier alpha value is -2.76. The van der Waals surface area contributed by atoms with Gasteiger partial charge in [-0.15, -0.1) is 0 Å². The zero-order chi connectivity index (χ0) is 19.3. The first kappa shape index (κ1) is 19.6. The molecule has 138 valence electrons. The molecule has 1 N–H and O–H groups in total. The molecule has 0 bridgehead atoms. The summed E-state index contributed by atoms with van der Waals surface area (Å²) < 4.78 is 43.3. The summed E-state index contributed by atoms with van der Waals surface area (Å²) in [5, 5.41) is 2.59. The number of amides is 1. The Morgan fingerprint density at radius 3 is 2.38 bits per heavy atom. The molecule has 6 heteroatoms. The van der Waals surface area contributed by atoms with Gasteiger partial charge in [0.05, 0.1) is 12.7 Å². The molecule has 0 heterocycles. The van der Waals surface area contributed by atoms with E-state index in [4.69, 9.17) is 4.74 Å². The summed E-state index contributed by atoms with van der Waals surface area (Å²) in [7, 11) is 1.59. The van der Waals surface area contributed by atoms with E-state index in [1.165, 1.54) is 18.2 Å². The first-order chi connectivity index (χ1) is 12.2. The first-order valence-corrected chi connectivity index (χ1v) is 7.98. The number of hydrogen-bond acceptors (Lipinski definition) is 2. The second kappa shape index (κ2) is 8.08. The van der Waals surface area contributed by atoms with Crippen LogP contribution >= 0.6 is 0 Å². The summed E-state index contributed by atoms with van der Waals surface area (Å²) >= 11 is 0. The van der Waals surface area contributed by atoms with E-state index >= 15 is 0 Å². The average Bonchev–Trinajstić information content (AvgIpc) is 2.58. The van der Waals surface area contributed by atoms with Crippen molar-refractivity contribution in [2.75, 3.05) is 7.11 Å². The maximum absolute atomic E-state index is 12.7. The number of halogens is 3. The lowest BCUT2D eigenvalue weighted by Crippen LogP contribution is -2.20. The van der Waals surface area contributed by atoms with Crippen molar-refractivity contribution in [3.8, 4) is 5.75 Å². The lowest BCUT2D eigenvalue weighted by molar-refractivity contribution is -0.137. The van der Waals surface area contributed by atoms with Crippen LogP contribution in [0.25, 0.3) is 6.08 Å². The molecule has 2 aromatic carbocycles. The number of benzene rings is 2. The number of ether oxygens (including phenoxy) is 1. The zero-order valence-electron chi connectivity index (χ0n) is 14.8. The lowest BCUT2D eigenvalue weighted by atomic mass is 10.0. The third kappa shape index (κ3) is 5.12. The van der Waals surface area contributed by atoms with Crippen molar-refractivity contribution >= 4 is 12.0 Å². The van der Waals surface area contributed by atoms with Crippen LogP contribution in [-0.2, 0) is 17.5 Å². The van der Waals surface area contributed by atoms with Crippen LogP contribution in [0, 0.1) is 13.8 Å². The molecule has 0 saturated heterocycles. The van der Waals surface area contributed by atoms with Gasteiger partial charge >= 0.3 is 6.18 Å². The molecule has 2 aromatic rings. The van der Waals surface area contributed by atoms with Crippen molar-refractivity contribution in [1.29, 1.82) is 0 Å². The highest BCUT2D eigenvalue weighted by atomic mass is 19.4. The minimum atomic E-state index is -4.40. The van der Waals surface area contributed by atoms with Crippen molar-refractivity contribution in [3.05, 3.63) is 70.3 Å². The first-order valence-electron chi connectivity index (χ1n) is 7.98. The topological polar surface area (TPSA) is 38.3 Å². The van der Waals surface area contributed by atoms with E-state index in [1.54, 1.807) is 13.2 Å². The number of aryl methyl sites for hydroxylation is 2. The van der Waals surface area contributed by atoms with E-state index in [9.17, 15) is 18.0 Å². The van der Waals surface area contributed by atoms with Crippen LogP contribution in [-0.4, -0.2) is 13.0 Å². The summed E-state index contributed by atoms with van der Waals surface area (Å²) in [6.45, 7) is 3.85. The van der Waals surface area contributed by atoms with Gasteiger partial charge in [-0.2, -0.15) is 13.2 Å². The standard InChI is InChI=1S/C20H20F3NO2/c1-13-9-17(26-3)10-14(2)18(13)7-8-19(25)24-12-15-5-4-6-16(11-15)20(21,22)23/h4-11H,12H2,1-3H3,(H,24,25)/b8-7+. The maximum atomic E-state index is 12.7. The smallest absolute Gasteiger partial charge is 0.416 e. The lowest BCUT2D eigenvalue weighted by Gasteiger charge is -2.10. The Bertz CT molecular complexity index is 803. The van der Waals surface area contributed by atoms with Crippen molar-refractivity contribution < 1.29 is 22.7 Å². The molecule has 0 aliphatic heterocycles. The van der Waals surface area contributed by atoms with Crippen LogP contribution in [0.2, 0.25) is 0 Å². The molecule has 2 rings (SSSR count). The second-order valence-electron chi connectivity index (χ2n) is 5.92. The highest BCUT2D eigenvalue weighted by Crippen LogP contribution is 2.29. The van der Waals surface area contributed by atoms with E-state index < -0.39 is 11.7 Å². The predicted molar refractivity (Wildman–Crippen MR) is 94.8 cm³/mol. The second-order valence-corrected chi connectivity index (χ2v) is 5.92. The fourth-order valence-electron chi connectivity index (χ4n) is 2.58. The third-order valence-electron chi connectivity index (χ3n) is 3.93. The number of carbonyl (C=O) groups is 1. The molecule has 0 fully saturated rings. The number of carbonyl (C=O) groups excluding carboxylic acids is 1. The van der Waals surface area contributed by atoms with E-state index in [2.05, 4.69) is 5.32 Å². The molecule has 3 nitrogen and oxygen atoms in total. The fraction of sp³-hybridized carbons (Fsp3) is 0.250. The van der Waals surface area contributed by atoms with Gasteiger partial charge in [0.15, 0.2) is 0 Å². The molecule has 26 heavy (non-hydrogen) atoms. The number of rotatable bonds is 5. The van der Waals surface area contributed by atoms with Gasteiger partial charge < -0.3 is 10.1 Å². The summed E-state index contributed by atoms with van der Waals surface area (Å²) in [4.78, 5) is 12.0. The van der Waals surface area contributed by atoms with Crippen molar-refractivity contribution in [2.45, 2.75) is 26.6 Å². The normalized spacial score (nSPS) is 11.6. The zero-order valence-corrected chi connectivity index (χ0v) is 14.8. The minimum Gasteiger partial charge on any atom is -0.497 e. The van der Waals surface area contributed by atoms with E-state index in [1.807, 2.05) is 26.0 Å². The predicted octanol–water partition coefficient (Wildman–Crippen LogP) is 4.66. The van der Waals surface area contributed by atoms with Crippen LogP contribution in [0.5, 0.6) is 5.75 Å². The molecular weight excluding hydrogens is 343 g/mol. The number of hydrogen-bond donors (Lipinski definition) is 1. The monoisotopic (exact) mass is 363 g/mol. The quantitative estimate of drug-likeness (QED) is 0.785. The Balaban J connectivity index is 2.03. The number of methoxy groups -OCH3 is 1. The molecular formula is C20H20F3NO2. The van der Waals surface area contributed by atoms with Crippen molar-refractivity contribution in [3.63, 3.8) is 0 Å². The molecule has 0 unspecified atom stereocenters. The van der Waals surface area contributed by atoms with Crippen molar-refractivity contribution in [1.82, 2.24) is 5.32 Å². The summed E-state index contributed by atoms with van der Waals surface area (Å²) in [6.07, 6.45) is -1.34. The van der Waals surface area contributed by atoms with Gasteiger partial charge in [0.2, 0.25) is 5.91 Å². The molecule has 0 atom stereocenters. The van der Waals surface area contributed by atoms with Crippen LogP contribution in [0.3, 0.4) is 0 Å². The van der Waals surface area contributed by atoms with E-state index in [-0.39, 0.29) is 12.5 Å². The summed E-state index contributed by atoms with van der Waals surface area (Å²) in [5.41, 5.74) is 2.48. The Morgan fingerprint density at radius 2 is 1.81 bits per heavy atom. The fourth-order valence-corrected chi connectivity index (χ4v) is 2.58. The van der Waals surface area contributed by atoms with Gasteiger partial charge in [-0.25, -0.2) is 0 Å². The van der Waals surface area contributed by atoms with Crippen molar-refractivity contribution in [2.24, 2.45) is 0 Å². The van der Waals surface area contributed by atoms with Gasteiger partial charge in [0, 0.05) is 12.6 Å². The average molecular weight is 363 g/mol. The van der Waals surface area contributed by atoms with Crippen LogP contribution in [0.15, 0.2) is 42.5 Å². The SMILES string of the molecule is COc1cc(C)c(/C=C/C(=O)NCc2cccc(C(F)(F)F)c2)c(C)c1. The van der Waals surface area contributed by atoms with Gasteiger partial charge in [0.1, 0.15) is 5.75 Å². The van der Waals surface area contributed by atoms with Gasteiger partial charge in [-0.3, -0.25) is 4.79 Å². The van der Waals surface area contributed by atoms with E-state index in [0.717, 1.165) is 34.6 Å². The highest BCUT2D eigenvalue weighted by molar-refractivity contribution is 5.92. The summed E-state index contributed by atoms with van der Waals surface area (Å²) in [6, 6.07) is 8.63. The summed E-state index contributed by atoms with van der Waals surface area (Å²) in [5.74, 6) is 0.364. The van der Waals surface area contributed by atoms with Gasteiger partial charge in [0.25, 0.3) is 0 Å². The minimum absolute atomic E-state index is 0.0215. The molecule has 0 saturated carbocycles.